The average Bonchev–Trinajstić information content (AvgIpc) is 2.91. The van der Waals surface area contributed by atoms with E-state index in [-0.39, 0.29) is 5.82 Å². The monoisotopic (exact) mass is 500 g/mol. The van der Waals surface area contributed by atoms with Gasteiger partial charge in [-0.1, -0.05) is 60.5 Å². The zero-order chi connectivity index (χ0) is 24.9. The molecule has 184 valence electrons. The molecule has 1 aliphatic carbocycles. The predicted molar refractivity (Wildman–Crippen MR) is 148 cm³/mol. The number of aromatic nitrogens is 2. The maximum absolute atomic E-state index is 13.2. The number of nitrogens with zero attached hydrogens (tertiary/aromatic N) is 2. The van der Waals surface area contributed by atoms with Crippen LogP contribution in [0.3, 0.4) is 0 Å². The van der Waals surface area contributed by atoms with Crippen molar-refractivity contribution in [3.63, 3.8) is 0 Å². The highest BCUT2D eigenvalue weighted by Gasteiger charge is 2.21. The van der Waals surface area contributed by atoms with Crippen LogP contribution >= 0.6 is 11.6 Å². The van der Waals surface area contributed by atoms with Gasteiger partial charge >= 0.3 is 0 Å². The van der Waals surface area contributed by atoms with Crippen molar-refractivity contribution < 1.29 is 4.39 Å². The molecule has 4 aromatic rings. The summed E-state index contributed by atoms with van der Waals surface area (Å²) in [5.74, 6) is 2.45. The minimum atomic E-state index is -0.234. The van der Waals surface area contributed by atoms with Crippen molar-refractivity contribution in [2.75, 3.05) is 18.4 Å². The lowest BCUT2D eigenvalue weighted by Crippen LogP contribution is -2.26. The zero-order valence-corrected chi connectivity index (χ0v) is 20.9. The molecule has 36 heavy (non-hydrogen) atoms. The highest BCUT2D eigenvalue weighted by atomic mass is 35.5. The molecule has 0 aliphatic heterocycles. The summed E-state index contributed by atoms with van der Waals surface area (Å²) in [6, 6.07) is 20.4. The second kappa shape index (κ2) is 11.2. The molecule has 3 N–H and O–H groups in total. The molecule has 0 radical (unpaired) electrons. The molecule has 3 aromatic carbocycles. The van der Waals surface area contributed by atoms with E-state index in [9.17, 15) is 4.39 Å². The third-order valence-corrected chi connectivity index (χ3v) is 7.21. The Morgan fingerprint density at radius 3 is 2.39 bits per heavy atom. The lowest BCUT2D eigenvalue weighted by atomic mass is 9.81. The van der Waals surface area contributed by atoms with Crippen molar-refractivity contribution in [2.24, 2.45) is 17.6 Å². The number of benzene rings is 3. The van der Waals surface area contributed by atoms with Crippen molar-refractivity contribution in [3.8, 4) is 11.1 Å². The summed E-state index contributed by atoms with van der Waals surface area (Å²) in [6.07, 6.45) is 8.78. The minimum Gasteiger partial charge on any atom is -0.369 e. The summed E-state index contributed by atoms with van der Waals surface area (Å²) in [4.78, 5) is 9.56. The third kappa shape index (κ3) is 5.92. The van der Waals surface area contributed by atoms with E-state index in [4.69, 9.17) is 27.3 Å². The zero-order valence-electron chi connectivity index (χ0n) is 20.1. The van der Waals surface area contributed by atoms with Gasteiger partial charge in [0.1, 0.15) is 11.6 Å². The van der Waals surface area contributed by atoms with Gasteiger partial charge < -0.3 is 11.1 Å². The van der Waals surface area contributed by atoms with Crippen LogP contribution in [0.25, 0.3) is 34.2 Å². The number of hydrogen-bond donors (Lipinski definition) is 2. The van der Waals surface area contributed by atoms with Gasteiger partial charge in [-0.15, -0.1) is 0 Å². The van der Waals surface area contributed by atoms with Gasteiger partial charge in [-0.3, -0.25) is 0 Å². The van der Waals surface area contributed by atoms with E-state index in [1.165, 1.54) is 37.8 Å². The Morgan fingerprint density at radius 2 is 1.64 bits per heavy atom. The van der Waals surface area contributed by atoms with E-state index in [1.54, 1.807) is 12.1 Å². The summed E-state index contributed by atoms with van der Waals surface area (Å²) in [7, 11) is 0. The number of fused-ring (bicyclic) bond motifs is 1. The van der Waals surface area contributed by atoms with E-state index in [0.717, 1.165) is 46.5 Å². The van der Waals surface area contributed by atoms with E-state index >= 15 is 0 Å². The molecule has 0 spiro atoms. The molecule has 2 unspecified atom stereocenters. The van der Waals surface area contributed by atoms with E-state index in [2.05, 4.69) is 5.32 Å². The SMILES string of the molecule is NCC1CCCC(CNc2nc(/C=C/c3ccc(-c4ccc(F)cc4)cc3)nc3cc(Cl)ccc23)C1. The van der Waals surface area contributed by atoms with Crippen LogP contribution in [-0.4, -0.2) is 23.1 Å². The Morgan fingerprint density at radius 1 is 0.917 bits per heavy atom. The van der Waals surface area contributed by atoms with Crippen molar-refractivity contribution in [1.82, 2.24) is 9.97 Å². The fraction of sp³-hybridized carbons (Fsp3) is 0.267. The van der Waals surface area contributed by atoms with Crippen molar-refractivity contribution >= 4 is 40.5 Å². The van der Waals surface area contributed by atoms with Gasteiger partial charge in [-0.2, -0.15) is 0 Å². The van der Waals surface area contributed by atoms with Crippen LogP contribution in [0, 0.1) is 17.7 Å². The molecule has 6 heteroatoms. The van der Waals surface area contributed by atoms with Gasteiger partial charge in [0.2, 0.25) is 0 Å². The van der Waals surface area contributed by atoms with E-state index in [0.29, 0.717) is 22.7 Å². The number of anilines is 1. The van der Waals surface area contributed by atoms with Gasteiger partial charge in [0.15, 0.2) is 5.82 Å². The minimum absolute atomic E-state index is 0.234. The number of nitrogens with one attached hydrogen (secondary N) is 1. The fourth-order valence-corrected chi connectivity index (χ4v) is 5.14. The molecule has 1 fully saturated rings. The molecule has 1 aromatic heterocycles. The Kier molecular flexibility index (Phi) is 7.59. The van der Waals surface area contributed by atoms with Gasteiger partial charge in [0, 0.05) is 17.0 Å². The molecule has 0 bridgehead atoms. The smallest absolute Gasteiger partial charge is 0.154 e. The number of nitrogens with two attached hydrogens (primary N) is 1. The van der Waals surface area contributed by atoms with Crippen molar-refractivity contribution in [3.05, 3.63) is 89.0 Å². The van der Waals surface area contributed by atoms with Crippen LogP contribution in [0.2, 0.25) is 5.02 Å². The normalized spacial score (nSPS) is 18.1. The Balaban J connectivity index is 1.35. The number of halogens is 2. The largest absolute Gasteiger partial charge is 0.369 e. The first-order valence-electron chi connectivity index (χ1n) is 12.5. The first kappa shape index (κ1) is 24.4. The molecule has 5 rings (SSSR count). The number of rotatable bonds is 7. The summed E-state index contributed by atoms with van der Waals surface area (Å²) in [5.41, 5.74) is 9.79. The molecule has 0 amide bonds. The first-order chi connectivity index (χ1) is 17.6. The lowest BCUT2D eigenvalue weighted by Gasteiger charge is -2.28. The molecule has 1 aliphatic rings. The van der Waals surface area contributed by atoms with Crippen LogP contribution < -0.4 is 11.1 Å². The second-order valence-corrected chi connectivity index (χ2v) is 10.0. The van der Waals surface area contributed by atoms with Crippen molar-refractivity contribution in [2.45, 2.75) is 25.7 Å². The summed E-state index contributed by atoms with van der Waals surface area (Å²) < 4.78 is 13.2. The highest BCUT2D eigenvalue weighted by molar-refractivity contribution is 6.31. The summed E-state index contributed by atoms with van der Waals surface area (Å²) in [6.45, 7) is 1.64. The van der Waals surface area contributed by atoms with Crippen LogP contribution in [-0.2, 0) is 0 Å². The van der Waals surface area contributed by atoms with Gasteiger partial charge in [-0.05, 0) is 90.7 Å². The van der Waals surface area contributed by atoms with E-state index in [1.807, 2.05) is 54.6 Å². The van der Waals surface area contributed by atoms with Crippen LogP contribution in [0.1, 0.15) is 37.1 Å². The Labute approximate surface area is 216 Å². The molecule has 1 saturated carbocycles. The molecule has 1 heterocycles. The second-order valence-electron chi connectivity index (χ2n) is 9.57. The maximum Gasteiger partial charge on any atom is 0.154 e. The molecular formula is C30H30ClFN4. The van der Waals surface area contributed by atoms with Crippen LogP contribution in [0.4, 0.5) is 10.2 Å². The van der Waals surface area contributed by atoms with Gasteiger partial charge in [0.25, 0.3) is 0 Å². The standard InChI is InChI=1S/C30H30ClFN4/c31-25-11-14-27-28(17-25)35-29(36-30(27)34-19-22-3-1-2-21(16-22)18-33)15-6-20-4-7-23(8-5-20)24-9-12-26(32)13-10-24/h4-15,17,21-22H,1-3,16,18-19,33H2,(H,34,35,36)/b15-6+. The van der Waals surface area contributed by atoms with Crippen LogP contribution in [0.5, 0.6) is 0 Å². The van der Waals surface area contributed by atoms with Gasteiger partial charge in [-0.25, -0.2) is 14.4 Å². The third-order valence-electron chi connectivity index (χ3n) is 6.97. The van der Waals surface area contributed by atoms with E-state index < -0.39 is 0 Å². The Hall–Kier alpha value is -3.28. The summed E-state index contributed by atoms with van der Waals surface area (Å²) >= 11 is 6.27. The lowest BCUT2D eigenvalue weighted by molar-refractivity contribution is 0.281. The molecule has 4 nitrogen and oxygen atoms in total. The fourth-order valence-electron chi connectivity index (χ4n) is 4.97. The molecule has 2 atom stereocenters. The van der Waals surface area contributed by atoms with Crippen LogP contribution in [0.15, 0.2) is 66.7 Å². The highest BCUT2D eigenvalue weighted by Crippen LogP contribution is 2.30. The van der Waals surface area contributed by atoms with Gasteiger partial charge in [0.05, 0.1) is 5.52 Å². The van der Waals surface area contributed by atoms with Crippen molar-refractivity contribution in [1.29, 1.82) is 0 Å². The quantitative estimate of drug-likeness (QED) is 0.277. The average molecular weight is 501 g/mol. The molecular weight excluding hydrogens is 471 g/mol. The maximum atomic E-state index is 13.2. The number of hydrogen-bond acceptors (Lipinski definition) is 4. The summed E-state index contributed by atoms with van der Waals surface area (Å²) in [5, 5.41) is 5.21. The predicted octanol–water partition coefficient (Wildman–Crippen LogP) is 7.44. The first-order valence-corrected chi connectivity index (χ1v) is 12.9. The topological polar surface area (TPSA) is 63.8 Å². The molecule has 0 saturated heterocycles. The Bertz CT molecular complexity index is 1350.